The summed E-state index contributed by atoms with van der Waals surface area (Å²) in [6.07, 6.45) is 0. The highest BCUT2D eigenvalue weighted by Crippen LogP contribution is 2.45. The summed E-state index contributed by atoms with van der Waals surface area (Å²) in [5.74, 6) is 0.102. The van der Waals surface area contributed by atoms with Crippen molar-refractivity contribution >= 4 is 17.4 Å². The molecule has 0 radical (unpaired) electrons. The second kappa shape index (κ2) is 14.1. The van der Waals surface area contributed by atoms with Crippen molar-refractivity contribution in [3.05, 3.63) is 88.5 Å². The summed E-state index contributed by atoms with van der Waals surface area (Å²) >= 11 is 0. The van der Waals surface area contributed by atoms with Crippen LogP contribution in [0.2, 0.25) is 0 Å². The lowest BCUT2D eigenvalue weighted by atomic mass is 9.94. The number of aryl methyl sites for hydroxylation is 1. The van der Waals surface area contributed by atoms with Crippen molar-refractivity contribution in [2.45, 2.75) is 33.4 Å². The molecular formula is C34H40N2O7. The van der Waals surface area contributed by atoms with E-state index in [4.69, 9.17) is 18.9 Å². The summed E-state index contributed by atoms with van der Waals surface area (Å²) in [4.78, 5) is 30.8. The van der Waals surface area contributed by atoms with E-state index in [1.54, 1.807) is 30.3 Å². The Hall–Kier alpha value is -4.50. The quantitative estimate of drug-likeness (QED) is 0.162. The number of hydrogen-bond acceptors (Lipinski definition) is 8. The minimum atomic E-state index is -0.876. The van der Waals surface area contributed by atoms with Gasteiger partial charge in [0, 0.05) is 18.7 Å². The van der Waals surface area contributed by atoms with Crippen LogP contribution in [0, 0.1) is 6.92 Å². The fraction of sp³-hybridized carbons (Fsp3) is 0.353. The smallest absolute Gasteiger partial charge is 0.295 e. The summed E-state index contributed by atoms with van der Waals surface area (Å²) in [5.41, 5.74) is 2.76. The number of ether oxygens (including phenoxy) is 4. The molecule has 1 saturated heterocycles. The van der Waals surface area contributed by atoms with Crippen LogP contribution in [-0.2, 0) is 16.2 Å². The van der Waals surface area contributed by atoms with E-state index < -0.39 is 17.7 Å². The highest BCUT2D eigenvalue weighted by Gasteiger charge is 2.46. The van der Waals surface area contributed by atoms with E-state index in [9.17, 15) is 14.7 Å². The van der Waals surface area contributed by atoms with Gasteiger partial charge < -0.3 is 33.9 Å². The molecule has 0 unspecified atom stereocenters. The molecular weight excluding hydrogens is 548 g/mol. The van der Waals surface area contributed by atoms with Crippen molar-refractivity contribution < 1.29 is 33.6 Å². The Balaban J connectivity index is 1.79. The number of amides is 1. The molecule has 0 bridgehead atoms. The van der Waals surface area contributed by atoms with Crippen molar-refractivity contribution in [1.29, 1.82) is 0 Å². The number of carbonyl (C=O) groups excluding carboxylic acids is 2. The summed E-state index contributed by atoms with van der Waals surface area (Å²) in [6, 6.07) is 17.6. The molecule has 4 rings (SSSR count). The molecule has 1 N–H and O–H groups in total. The number of aliphatic hydroxyl groups is 1. The van der Waals surface area contributed by atoms with Gasteiger partial charge in [-0.05, 0) is 67.0 Å². The molecule has 228 valence electrons. The van der Waals surface area contributed by atoms with Crippen LogP contribution in [0.15, 0.2) is 66.2 Å². The number of rotatable bonds is 13. The molecule has 1 fully saturated rings. The molecule has 0 aromatic heterocycles. The Morgan fingerprint density at radius 2 is 1.53 bits per heavy atom. The summed E-state index contributed by atoms with van der Waals surface area (Å²) in [6.45, 7) is 8.81. The van der Waals surface area contributed by atoms with Crippen LogP contribution in [0.3, 0.4) is 0 Å². The number of carbonyl (C=O) groups is 2. The Morgan fingerprint density at radius 3 is 2.09 bits per heavy atom. The predicted octanol–water partition coefficient (Wildman–Crippen LogP) is 5.36. The van der Waals surface area contributed by atoms with Crippen LogP contribution in [0.4, 0.5) is 0 Å². The van der Waals surface area contributed by atoms with Gasteiger partial charge in [0.25, 0.3) is 11.7 Å². The SMILES string of the molecule is CCN(CC)CCN1C(=O)C(=O)C(=C(O)c2ccc(OCc3ccccc3)c(C)c2)[C@@H]1c1cc(OC)c(OC)c(OC)c1. The lowest BCUT2D eigenvalue weighted by molar-refractivity contribution is -0.140. The standard InChI is InChI=1S/C34H40N2O7/c1-7-35(8-2)16-17-36-30(25-19-27(40-4)33(42-6)28(20-25)41-5)29(32(38)34(36)39)31(37)24-14-15-26(22(3)18-24)43-21-23-12-10-9-11-13-23/h9-15,18-20,30,37H,7-8,16-17,21H2,1-6H3/t30-/m0/s1. The Morgan fingerprint density at radius 1 is 0.884 bits per heavy atom. The van der Waals surface area contributed by atoms with Gasteiger partial charge in [-0.15, -0.1) is 0 Å². The Bertz CT molecular complexity index is 1460. The molecule has 9 nitrogen and oxygen atoms in total. The maximum atomic E-state index is 13.6. The number of hydrogen-bond donors (Lipinski definition) is 1. The molecule has 1 heterocycles. The zero-order valence-corrected chi connectivity index (χ0v) is 25.7. The highest BCUT2D eigenvalue weighted by atomic mass is 16.5. The molecule has 1 amide bonds. The molecule has 43 heavy (non-hydrogen) atoms. The van der Waals surface area contributed by atoms with Crippen molar-refractivity contribution in [2.24, 2.45) is 0 Å². The number of nitrogens with zero attached hydrogens (tertiary/aromatic N) is 2. The predicted molar refractivity (Wildman–Crippen MR) is 165 cm³/mol. The Labute approximate surface area is 253 Å². The van der Waals surface area contributed by atoms with E-state index in [0.717, 1.165) is 24.2 Å². The second-order valence-corrected chi connectivity index (χ2v) is 10.2. The monoisotopic (exact) mass is 588 g/mol. The number of ketones is 1. The average Bonchev–Trinajstić information content (AvgIpc) is 3.29. The molecule has 1 aliphatic heterocycles. The van der Waals surface area contributed by atoms with Gasteiger partial charge in [0.15, 0.2) is 11.5 Å². The van der Waals surface area contributed by atoms with Crippen LogP contribution < -0.4 is 18.9 Å². The van der Waals surface area contributed by atoms with E-state index in [1.165, 1.54) is 26.2 Å². The first kappa shape index (κ1) is 31.4. The summed E-state index contributed by atoms with van der Waals surface area (Å²) in [7, 11) is 4.51. The lowest BCUT2D eigenvalue weighted by Gasteiger charge is -2.29. The van der Waals surface area contributed by atoms with Gasteiger partial charge in [0.1, 0.15) is 18.1 Å². The van der Waals surface area contributed by atoms with Crippen molar-refractivity contribution in [3.8, 4) is 23.0 Å². The number of methoxy groups -OCH3 is 3. The van der Waals surface area contributed by atoms with Gasteiger partial charge in [-0.1, -0.05) is 44.2 Å². The molecule has 3 aromatic carbocycles. The van der Waals surface area contributed by atoms with Gasteiger partial charge in [-0.2, -0.15) is 0 Å². The van der Waals surface area contributed by atoms with E-state index in [-0.39, 0.29) is 17.9 Å². The largest absolute Gasteiger partial charge is 0.507 e. The topological polar surface area (TPSA) is 97.8 Å². The van der Waals surface area contributed by atoms with Gasteiger partial charge >= 0.3 is 0 Å². The first-order valence-corrected chi connectivity index (χ1v) is 14.4. The van der Waals surface area contributed by atoms with Crippen molar-refractivity contribution in [2.75, 3.05) is 47.5 Å². The third-order valence-corrected chi connectivity index (χ3v) is 7.78. The minimum Gasteiger partial charge on any atom is -0.507 e. The molecule has 0 saturated carbocycles. The minimum absolute atomic E-state index is 0.00354. The lowest BCUT2D eigenvalue weighted by Crippen LogP contribution is -2.38. The van der Waals surface area contributed by atoms with Crippen LogP contribution in [0.25, 0.3) is 5.76 Å². The van der Waals surface area contributed by atoms with Crippen LogP contribution >= 0.6 is 0 Å². The molecule has 1 aliphatic rings. The maximum Gasteiger partial charge on any atom is 0.295 e. The van der Waals surface area contributed by atoms with Gasteiger partial charge in [0.05, 0.1) is 32.9 Å². The number of benzene rings is 3. The summed E-state index contributed by atoms with van der Waals surface area (Å²) < 4.78 is 22.6. The number of likely N-dealkylation sites (N-methyl/N-ethyl adjacent to an activating group) is 1. The van der Waals surface area contributed by atoms with Gasteiger partial charge in [-0.25, -0.2) is 0 Å². The fourth-order valence-electron chi connectivity index (χ4n) is 5.35. The van der Waals surface area contributed by atoms with Crippen LogP contribution in [0.5, 0.6) is 23.0 Å². The Kier molecular flexibility index (Phi) is 10.3. The molecule has 0 aliphatic carbocycles. The number of aliphatic hydroxyl groups excluding tert-OH is 1. The van der Waals surface area contributed by atoms with Gasteiger partial charge in [0.2, 0.25) is 5.75 Å². The third kappa shape index (κ3) is 6.62. The van der Waals surface area contributed by atoms with E-state index in [1.807, 2.05) is 51.1 Å². The number of Topliss-reactive ketones (excluding diaryl/α,β-unsaturated/α-hetero) is 1. The third-order valence-electron chi connectivity index (χ3n) is 7.78. The van der Waals surface area contributed by atoms with E-state index >= 15 is 0 Å². The molecule has 1 atom stereocenters. The summed E-state index contributed by atoms with van der Waals surface area (Å²) in [5, 5.41) is 11.6. The second-order valence-electron chi connectivity index (χ2n) is 10.2. The van der Waals surface area contributed by atoms with Crippen LogP contribution in [-0.4, -0.2) is 74.1 Å². The zero-order valence-electron chi connectivity index (χ0n) is 25.7. The fourth-order valence-corrected chi connectivity index (χ4v) is 5.35. The highest BCUT2D eigenvalue weighted by molar-refractivity contribution is 6.46. The number of likely N-dealkylation sites (tertiary alicyclic amines) is 1. The first-order valence-electron chi connectivity index (χ1n) is 14.4. The zero-order chi connectivity index (χ0) is 31.1. The van der Waals surface area contributed by atoms with E-state index in [2.05, 4.69) is 4.90 Å². The van der Waals surface area contributed by atoms with Gasteiger partial charge in [-0.3, -0.25) is 9.59 Å². The molecule has 3 aromatic rings. The van der Waals surface area contributed by atoms with Crippen molar-refractivity contribution in [3.63, 3.8) is 0 Å². The average molecular weight is 589 g/mol. The van der Waals surface area contributed by atoms with E-state index in [0.29, 0.717) is 47.3 Å². The van der Waals surface area contributed by atoms with Crippen molar-refractivity contribution in [1.82, 2.24) is 9.80 Å². The maximum absolute atomic E-state index is 13.6. The molecule has 9 heteroatoms. The van der Waals surface area contributed by atoms with Crippen LogP contribution in [0.1, 0.15) is 42.1 Å². The molecule has 0 spiro atoms. The first-order chi connectivity index (χ1) is 20.8. The normalized spacial score (nSPS) is 16.1.